The Balaban J connectivity index is 1.82. The van der Waals surface area contributed by atoms with Crippen molar-refractivity contribution in [1.82, 2.24) is 4.98 Å². The van der Waals surface area contributed by atoms with Crippen molar-refractivity contribution in [3.63, 3.8) is 0 Å². The summed E-state index contributed by atoms with van der Waals surface area (Å²) >= 11 is 5.90. The molecule has 2 amide bonds. The van der Waals surface area contributed by atoms with Crippen molar-refractivity contribution in [2.75, 3.05) is 0 Å². The SMILES string of the molecule is NC(=O)c1ccc(-c2[nH]c(O)c3c2C(=O)N=C3c2ccc(Cl)cc2)cc1. The van der Waals surface area contributed by atoms with E-state index >= 15 is 0 Å². The number of aromatic hydroxyl groups is 1. The molecule has 0 saturated carbocycles. The molecular formula is C19H12ClN3O3. The molecule has 0 aliphatic carbocycles. The lowest BCUT2D eigenvalue weighted by atomic mass is 10.00. The van der Waals surface area contributed by atoms with Gasteiger partial charge >= 0.3 is 0 Å². The number of halogens is 1. The second-order valence-electron chi connectivity index (χ2n) is 5.81. The highest BCUT2D eigenvalue weighted by Gasteiger charge is 2.33. The summed E-state index contributed by atoms with van der Waals surface area (Å²) in [4.78, 5) is 30.6. The third kappa shape index (κ3) is 2.48. The number of carbonyl (C=O) groups is 2. The van der Waals surface area contributed by atoms with Crippen LogP contribution in [0.3, 0.4) is 0 Å². The van der Waals surface area contributed by atoms with Crippen LogP contribution < -0.4 is 5.73 Å². The maximum absolute atomic E-state index is 12.5. The van der Waals surface area contributed by atoms with E-state index in [0.29, 0.717) is 44.2 Å². The van der Waals surface area contributed by atoms with E-state index in [1.165, 1.54) is 0 Å². The average Bonchev–Trinajstić information content (AvgIpc) is 3.15. The zero-order valence-corrected chi connectivity index (χ0v) is 14.0. The molecule has 1 aromatic heterocycles. The Kier molecular flexibility index (Phi) is 3.63. The van der Waals surface area contributed by atoms with Crippen LogP contribution in [0.1, 0.15) is 31.8 Å². The van der Waals surface area contributed by atoms with Crippen LogP contribution in [0, 0.1) is 0 Å². The molecule has 4 rings (SSSR count). The lowest BCUT2D eigenvalue weighted by Gasteiger charge is -2.01. The minimum atomic E-state index is -0.541. The van der Waals surface area contributed by atoms with Crippen molar-refractivity contribution in [1.29, 1.82) is 0 Å². The number of nitrogens with one attached hydrogen (secondary N) is 1. The van der Waals surface area contributed by atoms with Gasteiger partial charge in [0.25, 0.3) is 5.91 Å². The molecule has 6 nitrogen and oxygen atoms in total. The fourth-order valence-corrected chi connectivity index (χ4v) is 3.10. The minimum Gasteiger partial charge on any atom is -0.494 e. The summed E-state index contributed by atoms with van der Waals surface area (Å²) in [5, 5.41) is 10.9. The Bertz CT molecular complexity index is 1080. The first-order valence-corrected chi connectivity index (χ1v) is 8.08. The molecule has 26 heavy (non-hydrogen) atoms. The number of nitrogens with two attached hydrogens (primary N) is 1. The molecule has 1 aliphatic heterocycles. The van der Waals surface area contributed by atoms with Gasteiger partial charge in [0, 0.05) is 16.1 Å². The summed E-state index contributed by atoms with van der Waals surface area (Å²) in [5.41, 5.74) is 8.37. The highest BCUT2D eigenvalue weighted by atomic mass is 35.5. The van der Waals surface area contributed by atoms with Gasteiger partial charge in [-0.15, -0.1) is 0 Å². The predicted octanol–water partition coefficient (Wildman–Crippen LogP) is 3.13. The van der Waals surface area contributed by atoms with Crippen LogP contribution in [0.25, 0.3) is 11.3 Å². The van der Waals surface area contributed by atoms with Crippen molar-refractivity contribution < 1.29 is 14.7 Å². The summed E-state index contributed by atoms with van der Waals surface area (Å²) in [6.45, 7) is 0. The van der Waals surface area contributed by atoms with Crippen molar-refractivity contribution in [3.05, 3.63) is 75.8 Å². The molecule has 2 aromatic carbocycles. The summed E-state index contributed by atoms with van der Waals surface area (Å²) in [6.07, 6.45) is 0. The van der Waals surface area contributed by atoms with Gasteiger partial charge in [-0.2, -0.15) is 0 Å². The van der Waals surface area contributed by atoms with Crippen LogP contribution in [0.4, 0.5) is 0 Å². The molecule has 7 heteroatoms. The first-order valence-electron chi connectivity index (χ1n) is 7.70. The summed E-state index contributed by atoms with van der Waals surface area (Å²) in [6, 6.07) is 13.3. The molecule has 0 radical (unpaired) electrons. The molecule has 0 unspecified atom stereocenters. The standard InChI is InChI=1S/C19H12ClN3O3/c20-12-7-5-10(6-8-12)16-14-13(18(25)23-16)15(22-19(14)26)9-1-3-11(4-2-9)17(21)24/h1-8,22,26H,(H2,21,24). The highest BCUT2D eigenvalue weighted by Crippen LogP contribution is 2.38. The average molecular weight is 366 g/mol. The number of fused-ring (bicyclic) bond motifs is 1. The monoisotopic (exact) mass is 365 g/mol. The predicted molar refractivity (Wildman–Crippen MR) is 97.8 cm³/mol. The summed E-state index contributed by atoms with van der Waals surface area (Å²) < 4.78 is 0. The van der Waals surface area contributed by atoms with Crippen LogP contribution in [-0.4, -0.2) is 27.6 Å². The van der Waals surface area contributed by atoms with Gasteiger partial charge in [-0.1, -0.05) is 35.9 Å². The lowest BCUT2D eigenvalue weighted by molar-refractivity contribution is 0.0994. The van der Waals surface area contributed by atoms with E-state index in [1.54, 1.807) is 48.5 Å². The normalized spacial score (nSPS) is 12.8. The first-order chi connectivity index (χ1) is 12.5. The molecular weight excluding hydrogens is 354 g/mol. The van der Waals surface area contributed by atoms with E-state index in [2.05, 4.69) is 9.98 Å². The lowest BCUT2D eigenvalue weighted by Crippen LogP contribution is -2.10. The van der Waals surface area contributed by atoms with E-state index < -0.39 is 11.8 Å². The summed E-state index contributed by atoms with van der Waals surface area (Å²) in [7, 11) is 0. The molecule has 0 atom stereocenters. The van der Waals surface area contributed by atoms with E-state index in [-0.39, 0.29) is 5.88 Å². The Morgan fingerprint density at radius 2 is 1.62 bits per heavy atom. The number of amides is 2. The van der Waals surface area contributed by atoms with Crippen LogP contribution in [0.15, 0.2) is 53.5 Å². The molecule has 4 N–H and O–H groups in total. The number of primary amides is 1. The number of aliphatic imine (C=N–C) groups is 1. The number of hydrogen-bond acceptors (Lipinski definition) is 3. The molecule has 0 spiro atoms. The van der Waals surface area contributed by atoms with Crippen molar-refractivity contribution in [3.8, 4) is 17.1 Å². The Labute approximate surface area is 152 Å². The summed E-state index contributed by atoms with van der Waals surface area (Å²) in [5.74, 6) is -1.13. The van der Waals surface area contributed by atoms with Crippen LogP contribution in [0.5, 0.6) is 5.88 Å². The smallest absolute Gasteiger partial charge is 0.280 e. The largest absolute Gasteiger partial charge is 0.494 e. The first kappa shape index (κ1) is 16.1. The van der Waals surface area contributed by atoms with Crippen LogP contribution in [0.2, 0.25) is 5.02 Å². The Hall–Kier alpha value is -3.38. The van der Waals surface area contributed by atoms with Gasteiger partial charge in [-0.05, 0) is 29.8 Å². The second-order valence-corrected chi connectivity index (χ2v) is 6.25. The van der Waals surface area contributed by atoms with Crippen molar-refractivity contribution in [2.45, 2.75) is 0 Å². The van der Waals surface area contributed by atoms with Gasteiger partial charge in [0.2, 0.25) is 5.91 Å². The third-order valence-electron chi connectivity index (χ3n) is 4.22. The topological polar surface area (TPSA) is 109 Å². The fraction of sp³-hybridized carbons (Fsp3) is 0. The van der Waals surface area contributed by atoms with Gasteiger partial charge in [-0.25, -0.2) is 4.99 Å². The van der Waals surface area contributed by atoms with Gasteiger partial charge in [0.1, 0.15) is 0 Å². The molecule has 0 saturated heterocycles. The number of carbonyl (C=O) groups excluding carboxylic acids is 2. The number of aromatic nitrogens is 1. The number of nitrogens with zero attached hydrogens (tertiary/aromatic N) is 1. The zero-order valence-electron chi connectivity index (χ0n) is 13.3. The van der Waals surface area contributed by atoms with Gasteiger partial charge in [-0.3, -0.25) is 9.59 Å². The maximum Gasteiger partial charge on any atom is 0.280 e. The number of hydrogen-bond donors (Lipinski definition) is 3. The molecule has 3 aromatic rings. The van der Waals surface area contributed by atoms with Crippen LogP contribution >= 0.6 is 11.6 Å². The molecule has 0 bridgehead atoms. The third-order valence-corrected chi connectivity index (χ3v) is 4.47. The van der Waals surface area contributed by atoms with Gasteiger partial charge < -0.3 is 15.8 Å². The van der Waals surface area contributed by atoms with Crippen molar-refractivity contribution >= 4 is 29.1 Å². The Morgan fingerprint density at radius 3 is 2.23 bits per heavy atom. The molecule has 1 aliphatic rings. The minimum absolute atomic E-state index is 0.145. The number of H-pyrrole nitrogens is 1. The van der Waals surface area contributed by atoms with E-state index in [0.717, 1.165) is 0 Å². The quantitative estimate of drug-likeness (QED) is 0.663. The molecule has 2 heterocycles. The zero-order chi connectivity index (χ0) is 18.4. The van der Waals surface area contributed by atoms with Gasteiger partial charge in [0.15, 0.2) is 5.88 Å². The van der Waals surface area contributed by atoms with Crippen molar-refractivity contribution in [2.24, 2.45) is 10.7 Å². The molecule has 0 fully saturated rings. The number of rotatable bonds is 3. The highest BCUT2D eigenvalue weighted by molar-refractivity contribution is 6.32. The van der Waals surface area contributed by atoms with Crippen LogP contribution in [-0.2, 0) is 0 Å². The van der Waals surface area contributed by atoms with E-state index in [4.69, 9.17) is 17.3 Å². The number of benzene rings is 2. The van der Waals surface area contributed by atoms with E-state index in [9.17, 15) is 14.7 Å². The van der Waals surface area contributed by atoms with Gasteiger partial charge in [0.05, 0.1) is 22.5 Å². The fourth-order valence-electron chi connectivity index (χ4n) is 2.98. The number of aromatic amines is 1. The Morgan fingerprint density at radius 1 is 1.00 bits per heavy atom. The second kappa shape index (κ2) is 5.86. The molecule has 128 valence electrons. The van der Waals surface area contributed by atoms with E-state index in [1.807, 2.05) is 0 Å². The maximum atomic E-state index is 12.5.